The number of amides is 1. The van der Waals surface area contributed by atoms with Gasteiger partial charge in [0.15, 0.2) is 5.82 Å². The van der Waals surface area contributed by atoms with Crippen LogP contribution >= 0.6 is 11.3 Å². The van der Waals surface area contributed by atoms with E-state index in [0.717, 1.165) is 38.2 Å². The first-order valence-corrected chi connectivity index (χ1v) is 9.01. The molecule has 4 rings (SSSR count). The maximum Gasteiger partial charge on any atom is 0.255 e. The van der Waals surface area contributed by atoms with Crippen LogP contribution in [0.4, 0.5) is 5.69 Å². The van der Waals surface area contributed by atoms with Crippen LogP contribution in [0.5, 0.6) is 0 Å². The molecule has 7 heteroatoms. The first kappa shape index (κ1) is 16.4. The third kappa shape index (κ3) is 2.97. The van der Waals surface area contributed by atoms with Crippen molar-refractivity contribution in [3.63, 3.8) is 0 Å². The van der Waals surface area contributed by atoms with Crippen LogP contribution in [0.1, 0.15) is 27.3 Å². The second-order valence-corrected chi connectivity index (χ2v) is 7.15. The molecule has 2 heterocycles. The van der Waals surface area contributed by atoms with Gasteiger partial charge in [-0.2, -0.15) is 9.61 Å². The zero-order valence-corrected chi connectivity index (χ0v) is 15.5. The van der Waals surface area contributed by atoms with Crippen molar-refractivity contribution in [1.82, 2.24) is 19.8 Å². The maximum absolute atomic E-state index is 12.5. The van der Waals surface area contributed by atoms with E-state index >= 15 is 0 Å². The number of rotatable bonds is 3. The molecular formula is C19H17N5OS. The molecule has 1 amide bonds. The van der Waals surface area contributed by atoms with Gasteiger partial charge in [-0.1, -0.05) is 41.2 Å². The van der Waals surface area contributed by atoms with Crippen molar-refractivity contribution in [3.8, 4) is 10.6 Å². The first-order chi connectivity index (χ1) is 12.5. The van der Waals surface area contributed by atoms with Crippen molar-refractivity contribution >= 4 is 27.9 Å². The molecule has 4 aromatic rings. The van der Waals surface area contributed by atoms with Gasteiger partial charge in [0.2, 0.25) is 4.96 Å². The van der Waals surface area contributed by atoms with Gasteiger partial charge in [0.1, 0.15) is 5.01 Å². The molecule has 0 bridgehead atoms. The smallest absolute Gasteiger partial charge is 0.255 e. The second-order valence-electron chi connectivity index (χ2n) is 6.20. The van der Waals surface area contributed by atoms with E-state index in [1.807, 2.05) is 63.2 Å². The summed E-state index contributed by atoms with van der Waals surface area (Å²) in [5.74, 6) is 0.627. The Morgan fingerprint density at radius 3 is 2.54 bits per heavy atom. The molecule has 1 N–H and O–H groups in total. The average molecular weight is 363 g/mol. The first-order valence-electron chi connectivity index (χ1n) is 8.19. The standard InChI is InChI=1S/C19H17N5OS/c1-11-4-7-14(8-5-11)17(25)20-16-10-15(9-6-12(16)2)18-23-24-13(3)21-22-19(24)26-18/h4-10H,1-3H3,(H,20,25). The molecule has 2 aromatic carbocycles. The summed E-state index contributed by atoms with van der Waals surface area (Å²) in [4.78, 5) is 13.3. The van der Waals surface area contributed by atoms with Crippen LogP contribution in [0, 0.1) is 20.8 Å². The third-order valence-corrected chi connectivity index (χ3v) is 5.14. The van der Waals surface area contributed by atoms with Crippen molar-refractivity contribution in [3.05, 3.63) is 65.0 Å². The molecule has 130 valence electrons. The summed E-state index contributed by atoms with van der Waals surface area (Å²) in [5.41, 5.74) is 4.46. The molecule has 6 nitrogen and oxygen atoms in total. The highest BCUT2D eigenvalue weighted by Gasteiger charge is 2.13. The summed E-state index contributed by atoms with van der Waals surface area (Å²) in [7, 11) is 0. The fourth-order valence-electron chi connectivity index (χ4n) is 2.62. The van der Waals surface area contributed by atoms with Crippen molar-refractivity contribution in [2.24, 2.45) is 0 Å². The Morgan fingerprint density at radius 1 is 1.04 bits per heavy atom. The number of carbonyl (C=O) groups excluding carboxylic acids is 1. The SMILES string of the molecule is Cc1ccc(C(=O)Nc2cc(-c3nn4c(C)nnc4s3)ccc2C)cc1. The molecule has 0 unspecified atom stereocenters. The Hall–Kier alpha value is -3.06. The van der Waals surface area contributed by atoms with Crippen LogP contribution in [0.25, 0.3) is 15.5 Å². The predicted molar refractivity (Wildman–Crippen MR) is 103 cm³/mol. The number of aryl methyl sites for hydroxylation is 3. The molecule has 0 aliphatic carbocycles. The van der Waals surface area contributed by atoms with Gasteiger partial charge in [-0.3, -0.25) is 4.79 Å². The lowest BCUT2D eigenvalue weighted by Gasteiger charge is -2.10. The highest BCUT2D eigenvalue weighted by molar-refractivity contribution is 7.19. The summed E-state index contributed by atoms with van der Waals surface area (Å²) in [5, 5.41) is 16.5. The summed E-state index contributed by atoms with van der Waals surface area (Å²) in [6.45, 7) is 5.83. The maximum atomic E-state index is 12.5. The van der Waals surface area contributed by atoms with E-state index < -0.39 is 0 Å². The fourth-order valence-corrected chi connectivity index (χ4v) is 3.50. The molecule has 0 atom stereocenters. The lowest BCUT2D eigenvalue weighted by Crippen LogP contribution is -2.12. The molecule has 26 heavy (non-hydrogen) atoms. The zero-order valence-electron chi connectivity index (χ0n) is 14.6. The fraction of sp³-hybridized carbons (Fsp3) is 0.158. The van der Waals surface area contributed by atoms with E-state index in [1.165, 1.54) is 11.3 Å². The number of nitrogens with zero attached hydrogens (tertiary/aromatic N) is 4. The van der Waals surface area contributed by atoms with E-state index in [4.69, 9.17) is 0 Å². The molecule has 0 aliphatic heterocycles. The van der Waals surface area contributed by atoms with Gasteiger partial charge >= 0.3 is 0 Å². The van der Waals surface area contributed by atoms with Crippen LogP contribution in [0.3, 0.4) is 0 Å². The van der Waals surface area contributed by atoms with Crippen LogP contribution in [-0.4, -0.2) is 25.7 Å². The number of hydrogen-bond donors (Lipinski definition) is 1. The summed E-state index contributed by atoms with van der Waals surface area (Å²) >= 11 is 1.47. The Morgan fingerprint density at radius 2 is 1.81 bits per heavy atom. The number of fused-ring (bicyclic) bond motifs is 1. The van der Waals surface area contributed by atoms with Gasteiger partial charge in [-0.05, 0) is 44.5 Å². The van der Waals surface area contributed by atoms with Gasteiger partial charge in [-0.25, -0.2) is 0 Å². The number of anilines is 1. The van der Waals surface area contributed by atoms with E-state index in [1.54, 1.807) is 4.52 Å². The monoisotopic (exact) mass is 363 g/mol. The quantitative estimate of drug-likeness (QED) is 0.596. The van der Waals surface area contributed by atoms with Crippen molar-refractivity contribution in [2.45, 2.75) is 20.8 Å². The summed E-state index contributed by atoms with van der Waals surface area (Å²) in [6, 6.07) is 13.4. The minimum atomic E-state index is -0.126. The van der Waals surface area contributed by atoms with Crippen LogP contribution in [0.2, 0.25) is 0 Å². The molecule has 2 aromatic heterocycles. The largest absolute Gasteiger partial charge is 0.322 e. The van der Waals surface area contributed by atoms with Crippen molar-refractivity contribution in [1.29, 1.82) is 0 Å². The minimum absolute atomic E-state index is 0.126. The average Bonchev–Trinajstić information content (AvgIpc) is 3.20. The normalized spacial score (nSPS) is 11.0. The lowest BCUT2D eigenvalue weighted by atomic mass is 10.1. The third-order valence-electron chi connectivity index (χ3n) is 4.19. The molecule has 0 saturated carbocycles. The van der Waals surface area contributed by atoms with E-state index in [9.17, 15) is 4.79 Å². The van der Waals surface area contributed by atoms with Gasteiger partial charge in [-0.15, -0.1) is 10.2 Å². The Kier molecular flexibility index (Phi) is 4.00. The number of carbonyl (C=O) groups is 1. The van der Waals surface area contributed by atoms with E-state index in [-0.39, 0.29) is 5.91 Å². The van der Waals surface area contributed by atoms with Gasteiger partial charge in [0.25, 0.3) is 5.91 Å². The van der Waals surface area contributed by atoms with Crippen LogP contribution in [0.15, 0.2) is 42.5 Å². The zero-order chi connectivity index (χ0) is 18.3. The minimum Gasteiger partial charge on any atom is -0.322 e. The van der Waals surface area contributed by atoms with Crippen molar-refractivity contribution in [2.75, 3.05) is 5.32 Å². The van der Waals surface area contributed by atoms with E-state index in [0.29, 0.717) is 5.56 Å². The van der Waals surface area contributed by atoms with Crippen LogP contribution in [-0.2, 0) is 0 Å². The van der Waals surface area contributed by atoms with Gasteiger partial charge in [0, 0.05) is 16.8 Å². The molecule has 0 radical (unpaired) electrons. The summed E-state index contributed by atoms with van der Waals surface area (Å²) in [6.07, 6.45) is 0. The molecule has 0 fully saturated rings. The highest BCUT2D eigenvalue weighted by Crippen LogP contribution is 2.29. The summed E-state index contributed by atoms with van der Waals surface area (Å²) < 4.78 is 1.73. The Bertz CT molecular complexity index is 1110. The Balaban J connectivity index is 1.65. The topological polar surface area (TPSA) is 72.2 Å². The second kappa shape index (κ2) is 6.34. The molecule has 0 aliphatic rings. The van der Waals surface area contributed by atoms with E-state index in [2.05, 4.69) is 20.6 Å². The number of nitrogens with one attached hydrogen (secondary N) is 1. The number of hydrogen-bond acceptors (Lipinski definition) is 5. The van der Waals surface area contributed by atoms with Gasteiger partial charge in [0.05, 0.1) is 0 Å². The lowest BCUT2D eigenvalue weighted by molar-refractivity contribution is 0.102. The van der Waals surface area contributed by atoms with Crippen LogP contribution < -0.4 is 5.32 Å². The molecular weight excluding hydrogens is 346 g/mol. The number of benzene rings is 2. The highest BCUT2D eigenvalue weighted by atomic mass is 32.1. The molecule has 0 spiro atoms. The Labute approximate surface area is 154 Å². The number of aromatic nitrogens is 4. The predicted octanol–water partition coefficient (Wildman–Crippen LogP) is 4.03. The molecule has 0 saturated heterocycles. The van der Waals surface area contributed by atoms with Gasteiger partial charge < -0.3 is 5.32 Å². The van der Waals surface area contributed by atoms with Crippen molar-refractivity contribution < 1.29 is 4.79 Å².